The van der Waals surface area contributed by atoms with Gasteiger partial charge in [-0.05, 0) is 44.9 Å². The van der Waals surface area contributed by atoms with Gasteiger partial charge in [0.2, 0.25) is 0 Å². The normalized spacial score (nSPS) is 17.6. The van der Waals surface area contributed by atoms with E-state index in [1.807, 2.05) is 32.0 Å². The number of para-hydroxylation sites is 1. The van der Waals surface area contributed by atoms with Crippen molar-refractivity contribution in [1.82, 2.24) is 25.2 Å². The number of aryl methyl sites for hydroxylation is 2. The maximum atomic E-state index is 12.8. The molecular weight excluding hydrogens is 552 g/mol. The maximum Gasteiger partial charge on any atom is 0.323 e. The van der Waals surface area contributed by atoms with Crippen LogP contribution in [-0.2, 0) is 9.53 Å². The summed E-state index contributed by atoms with van der Waals surface area (Å²) < 4.78 is 5.46. The average Bonchev–Trinajstić information content (AvgIpc) is 3.64. The lowest BCUT2D eigenvalue weighted by molar-refractivity contribution is -0.146. The molecule has 1 aromatic carbocycles. The Balaban J connectivity index is 1.13. The second-order valence-electron chi connectivity index (χ2n) is 9.84. The van der Waals surface area contributed by atoms with Gasteiger partial charge in [-0.1, -0.05) is 35.1 Å². The Morgan fingerprint density at radius 3 is 2.77 bits per heavy atom. The smallest absolute Gasteiger partial charge is 0.323 e. The molecule has 0 saturated carbocycles. The molecule has 1 amide bonds. The van der Waals surface area contributed by atoms with E-state index < -0.39 is 0 Å². The van der Waals surface area contributed by atoms with Crippen LogP contribution in [0.4, 0.5) is 22.5 Å². The summed E-state index contributed by atoms with van der Waals surface area (Å²) in [6, 6.07) is 7.22. The second kappa shape index (κ2) is 12.9. The number of carbonyl (C=O) groups excluding carboxylic acids is 2. The van der Waals surface area contributed by atoms with Gasteiger partial charge in [-0.3, -0.25) is 14.5 Å². The van der Waals surface area contributed by atoms with Crippen LogP contribution >= 0.6 is 22.9 Å². The molecular formula is C27H33ClN8O3S. The number of benzene rings is 1. The van der Waals surface area contributed by atoms with Crippen LogP contribution in [0.15, 0.2) is 30.5 Å². The highest BCUT2D eigenvalue weighted by molar-refractivity contribution is 7.17. The van der Waals surface area contributed by atoms with Gasteiger partial charge in [-0.2, -0.15) is 0 Å². The van der Waals surface area contributed by atoms with Crippen LogP contribution in [0.1, 0.15) is 33.9 Å². The zero-order valence-corrected chi connectivity index (χ0v) is 24.1. The zero-order valence-electron chi connectivity index (χ0n) is 22.6. The molecule has 212 valence electrons. The van der Waals surface area contributed by atoms with Crippen LogP contribution in [-0.4, -0.2) is 83.6 Å². The molecule has 2 aromatic heterocycles. The topological polar surface area (TPSA) is 125 Å². The molecule has 5 rings (SSSR count). The van der Waals surface area contributed by atoms with Crippen LogP contribution in [0.5, 0.6) is 0 Å². The van der Waals surface area contributed by atoms with Gasteiger partial charge in [-0.25, -0.2) is 15.0 Å². The largest absolute Gasteiger partial charge is 0.463 e. The minimum atomic E-state index is -0.274. The van der Waals surface area contributed by atoms with E-state index in [4.69, 9.17) is 16.3 Å². The van der Waals surface area contributed by atoms with Crippen LogP contribution < -0.4 is 20.9 Å². The Hall–Kier alpha value is -3.32. The minimum absolute atomic E-state index is 0.142. The molecule has 0 bridgehead atoms. The van der Waals surface area contributed by atoms with Gasteiger partial charge in [0, 0.05) is 38.8 Å². The molecule has 0 radical (unpaired) electrons. The fourth-order valence-electron chi connectivity index (χ4n) is 4.75. The van der Waals surface area contributed by atoms with Crippen LogP contribution in [0.3, 0.4) is 0 Å². The molecule has 3 aromatic rings. The SMILES string of the molecule is Cc1nc(Nc2ncc(C(=O)Nc3c(C)cccc3Cl)s2)cc(N2CCN(CCOC(=O)[C@@H]3CCCN3)CC2)n1. The van der Waals surface area contributed by atoms with Gasteiger partial charge in [-0.15, -0.1) is 0 Å². The molecule has 0 spiro atoms. The number of thiazole rings is 1. The van der Waals surface area contributed by atoms with Gasteiger partial charge in [0.25, 0.3) is 5.91 Å². The number of anilines is 4. The Morgan fingerprint density at radius 1 is 1.20 bits per heavy atom. The molecule has 1 atom stereocenters. The van der Waals surface area contributed by atoms with E-state index in [1.54, 1.807) is 6.07 Å². The number of rotatable bonds is 9. The standard InChI is InChI=1S/C27H33ClN8O3S/c1-17-5-3-6-19(28)24(17)34-25(37)21-16-30-27(40-21)33-22-15-23(32-18(2)31-22)36-11-9-35(10-12-36)13-14-39-26(38)20-7-4-8-29-20/h3,5-6,15-16,20,29H,4,7-14H2,1-2H3,(H,34,37)(H,30,31,32,33)/t20-/m0/s1. The highest BCUT2D eigenvalue weighted by Gasteiger charge is 2.24. The molecule has 11 nitrogen and oxygen atoms in total. The number of nitrogens with zero attached hydrogens (tertiary/aromatic N) is 5. The van der Waals surface area contributed by atoms with E-state index in [0.29, 0.717) is 39.0 Å². The van der Waals surface area contributed by atoms with Crippen molar-refractivity contribution in [3.8, 4) is 0 Å². The number of aromatic nitrogens is 3. The van der Waals surface area contributed by atoms with E-state index >= 15 is 0 Å². The zero-order chi connectivity index (χ0) is 28.1. The van der Waals surface area contributed by atoms with Crippen molar-refractivity contribution >= 4 is 57.3 Å². The predicted molar refractivity (Wildman–Crippen MR) is 157 cm³/mol. The summed E-state index contributed by atoms with van der Waals surface area (Å²) in [7, 11) is 0. The van der Waals surface area contributed by atoms with Crippen molar-refractivity contribution in [2.45, 2.75) is 32.7 Å². The van der Waals surface area contributed by atoms with Crippen LogP contribution in [0, 0.1) is 13.8 Å². The second-order valence-corrected chi connectivity index (χ2v) is 11.3. The van der Waals surface area contributed by atoms with Gasteiger partial charge in [0.15, 0.2) is 5.13 Å². The molecule has 0 unspecified atom stereocenters. The summed E-state index contributed by atoms with van der Waals surface area (Å²) in [4.78, 5) is 43.4. The summed E-state index contributed by atoms with van der Waals surface area (Å²) in [5, 5.41) is 10.3. The summed E-state index contributed by atoms with van der Waals surface area (Å²) in [6.45, 7) is 9.05. The summed E-state index contributed by atoms with van der Waals surface area (Å²) in [5.74, 6) is 1.66. The number of piperazine rings is 1. The van der Waals surface area contributed by atoms with Crippen LogP contribution in [0.2, 0.25) is 5.02 Å². The van der Waals surface area contributed by atoms with Gasteiger partial charge in [0.1, 0.15) is 35.0 Å². The van der Waals surface area contributed by atoms with Crippen molar-refractivity contribution in [1.29, 1.82) is 0 Å². The average molecular weight is 585 g/mol. The summed E-state index contributed by atoms with van der Waals surface area (Å²) >= 11 is 7.49. The lowest BCUT2D eigenvalue weighted by Crippen LogP contribution is -2.48. The van der Waals surface area contributed by atoms with E-state index in [0.717, 1.165) is 63.5 Å². The molecule has 0 aliphatic carbocycles. The lowest BCUT2D eigenvalue weighted by atomic mass is 10.2. The van der Waals surface area contributed by atoms with Crippen molar-refractivity contribution in [2.75, 3.05) is 61.4 Å². The fourth-order valence-corrected chi connectivity index (χ4v) is 5.74. The number of hydrogen-bond acceptors (Lipinski definition) is 11. The highest BCUT2D eigenvalue weighted by atomic mass is 35.5. The van der Waals surface area contributed by atoms with Crippen LogP contribution in [0.25, 0.3) is 0 Å². The van der Waals surface area contributed by atoms with Gasteiger partial charge >= 0.3 is 5.97 Å². The molecule has 2 saturated heterocycles. The third kappa shape index (κ3) is 7.05. The third-order valence-electron chi connectivity index (χ3n) is 6.94. The predicted octanol–water partition coefficient (Wildman–Crippen LogP) is 3.62. The van der Waals surface area contributed by atoms with E-state index in [9.17, 15) is 9.59 Å². The first-order chi connectivity index (χ1) is 19.4. The first-order valence-electron chi connectivity index (χ1n) is 13.4. The number of amides is 1. The Kier molecular flexibility index (Phi) is 9.10. The Morgan fingerprint density at radius 2 is 2.02 bits per heavy atom. The van der Waals surface area contributed by atoms with Gasteiger partial charge < -0.3 is 25.6 Å². The number of carbonyl (C=O) groups is 2. The number of nitrogens with one attached hydrogen (secondary N) is 3. The quantitative estimate of drug-likeness (QED) is 0.321. The Bertz CT molecular complexity index is 1340. The number of halogens is 1. The van der Waals surface area contributed by atoms with Gasteiger partial charge in [0.05, 0.1) is 16.9 Å². The number of esters is 1. The highest BCUT2D eigenvalue weighted by Crippen LogP contribution is 2.28. The molecule has 3 N–H and O–H groups in total. The monoisotopic (exact) mass is 584 g/mol. The van der Waals surface area contributed by atoms with E-state index in [2.05, 4.69) is 40.7 Å². The molecule has 13 heteroatoms. The third-order valence-corrected chi connectivity index (χ3v) is 8.17. The fraction of sp³-hybridized carbons (Fsp3) is 0.444. The molecule has 4 heterocycles. The van der Waals surface area contributed by atoms with Crippen molar-refractivity contribution in [3.05, 3.63) is 51.7 Å². The maximum absolute atomic E-state index is 12.8. The lowest BCUT2D eigenvalue weighted by Gasteiger charge is -2.35. The van der Waals surface area contributed by atoms with E-state index in [1.165, 1.54) is 17.5 Å². The van der Waals surface area contributed by atoms with Crippen molar-refractivity contribution < 1.29 is 14.3 Å². The first-order valence-corrected chi connectivity index (χ1v) is 14.6. The van der Waals surface area contributed by atoms with E-state index in [-0.39, 0.29) is 17.9 Å². The molecule has 40 heavy (non-hydrogen) atoms. The molecule has 2 fully saturated rings. The summed E-state index contributed by atoms with van der Waals surface area (Å²) in [6.07, 6.45) is 3.41. The minimum Gasteiger partial charge on any atom is -0.463 e. The Labute approximate surface area is 242 Å². The summed E-state index contributed by atoms with van der Waals surface area (Å²) in [5.41, 5.74) is 1.48. The first kappa shape index (κ1) is 28.2. The number of hydrogen-bond donors (Lipinski definition) is 3. The number of ether oxygens (including phenoxy) is 1. The van der Waals surface area contributed by atoms with Crippen molar-refractivity contribution in [2.24, 2.45) is 0 Å². The molecule has 2 aliphatic heterocycles. The molecule has 2 aliphatic rings. The van der Waals surface area contributed by atoms with Crippen molar-refractivity contribution in [3.63, 3.8) is 0 Å².